The highest BCUT2D eigenvalue weighted by Gasteiger charge is 2.15. The lowest BCUT2D eigenvalue weighted by Crippen LogP contribution is -2.27. The van der Waals surface area contributed by atoms with Crippen molar-refractivity contribution in [1.82, 2.24) is 4.90 Å². The Morgan fingerprint density at radius 2 is 2.06 bits per heavy atom. The van der Waals surface area contributed by atoms with Crippen molar-refractivity contribution in [2.75, 3.05) is 19.5 Å². The van der Waals surface area contributed by atoms with Crippen molar-refractivity contribution >= 4 is 17.5 Å². The topological polar surface area (TPSA) is 40.5 Å². The summed E-state index contributed by atoms with van der Waals surface area (Å²) in [7, 11) is 1.75. The first-order valence-corrected chi connectivity index (χ1v) is 6.70. The van der Waals surface area contributed by atoms with E-state index in [1.807, 2.05) is 6.92 Å². The van der Waals surface area contributed by atoms with Gasteiger partial charge in [-0.1, -0.05) is 18.1 Å². The van der Waals surface area contributed by atoms with Crippen LogP contribution in [0.2, 0.25) is 0 Å². The SMILES string of the molecule is Cc1ccc(O)c(C(=O)N(C)CCCCCCl)c1. The number of hydrogen-bond acceptors (Lipinski definition) is 2. The standard InChI is InChI=1S/C14H20ClNO2/c1-11-6-7-13(17)12(10-11)14(18)16(2)9-5-3-4-8-15/h6-7,10,17H,3-5,8-9H2,1-2H3. The molecule has 0 atom stereocenters. The number of phenolic OH excluding ortho intramolecular Hbond substituents is 1. The summed E-state index contributed by atoms with van der Waals surface area (Å²) in [5.74, 6) is 0.566. The second-order valence-electron chi connectivity index (χ2n) is 4.50. The van der Waals surface area contributed by atoms with Crippen LogP contribution in [-0.4, -0.2) is 35.4 Å². The highest BCUT2D eigenvalue weighted by Crippen LogP contribution is 2.19. The zero-order valence-electron chi connectivity index (χ0n) is 10.9. The molecule has 1 amide bonds. The second kappa shape index (κ2) is 7.27. The molecule has 0 heterocycles. The summed E-state index contributed by atoms with van der Waals surface area (Å²) in [5, 5.41) is 9.70. The van der Waals surface area contributed by atoms with E-state index in [1.165, 1.54) is 0 Å². The Bertz CT molecular complexity index is 407. The summed E-state index contributed by atoms with van der Waals surface area (Å²) in [6.45, 7) is 2.58. The highest BCUT2D eigenvalue weighted by molar-refractivity contribution is 6.17. The van der Waals surface area contributed by atoms with Gasteiger partial charge in [0.15, 0.2) is 0 Å². The van der Waals surface area contributed by atoms with E-state index in [9.17, 15) is 9.90 Å². The number of nitrogens with zero attached hydrogens (tertiary/aromatic N) is 1. The number of unbranched alkanes of at least 4 members (excludes halogenated alkanes) is 2. The molecule has 100 valence electrons. The van der Waals surface area contributed by atoms with Crippen LogP contribution in [0.15, 0.2) is 18.2 Å². The summed E-state index contributed by atoms with van der Waals surface area (Å²) >= 11 is 5.60. The van der Waals surface area contributed by atoms with E-state index in [-0.39, 0.29) is 11.7 Å². The first kappa shape index (κ1) is 14.8. The van der Waals surface area contributed by atoms with Gasteiger partial charge in [0.1, 0.15) is 5.75 Å². The molecule has 0 saturated heterocycles. The number of halogens is 1. The molecule has 0 aliphatic rings. The van der Waals surface area contributed by atoms with Gasteiger partial charge >= 0.3 is 0 Å². The van der Waals surface area contributed by atoms with Crippen molar-refractivity contribution in [3.8, 4) is 5.75 Å². The maximum atomic E-state index is 12.1. The van der Waals surface area contributed by atoms with E-state index in [0.717, 1.165) is 24.8 Å². The summed E-state index contributed by atoms with van der Waals surface area (Å²) in [6, 6.07) is 5.06. The van der Waals surface area contributed by atoms with Crippen molar-refractivity contribution in [1.29, 1.82) is 0 Å². The van der Waals surface area contributed by atoms with Gasteiger partial charge in [0.25, 0.3) is 5.91 Å². The van der Waals surface area contributed by atoms with Gasteiger partial charge in [0.05, 0.1) is 5.56 Å². The van der Waals surface area contributed by atoms with Gasteiger partial charge in [-0.2, -0.15) is 0 Å². The third kappa shape index (κ3) is 4.22. The van der Waals surface area contributed by atoms with Crippen LogP contribution in [0.4, 0.5) is 0 Å². The number of phenols is 1. The smallest absolute Gasteiger partial charge is 0.257 e. The van der Waals surface area contributed by atoms with Crippen molar-refractivity contribution in [3.63, 3.8) is 0 Å². The molecule has 1 aromatic rings. The van der Waals surface area contributed by atoms with Crippen LogP contribution in [-0.2, 0) is 0 Å². The van der Waals surface area contributed by atoms with Crippen LogP contribution in [0, 0.1) is 6.92 Å². The number of carbonyl (C=O) groups excluding carboxylic acids is 1. The van der Waals surface area contributed by atoms with Gasteiger partial charge in [-0.05, 0) is 31.9 Å². The number of alkyl halides is 1. The lowest BCUT2D eigenvalue weighted by atomic mass is 10.1. The fraction of sp³-hybridized carbons (Fsp3) is 0.500. The van der Waals surface area contributed by atoms with E-state index in [0.29, 0.717) is 18.0 Å². The van der Waals surface area contributed by atoms with E-state index >= 15 is 0 Å². The zero-order chi connectivity index (χ0) is 13.5. The Kier molecular flexibility index (Phi) is 5.99. The molecule has 0 fully saturated rings. The molecule has 4 heteroatoms. The van der Waals surface area contributed by atoms with Gasteiger partial charge < -0.3 is 10.0 Å². The number of rotatable bonds is 6. The lowest BCUT2D eigenvalue weighted by Gasteiger charge is -2.18. The number of hydrogen-bond donors (Lipinski definition) is 1. The molecule has 1 N–H and O–H groups in total. The number of aryl methyl sites for hydroxylation is 1. The molecular formula is C14H20ClNO2. The maximum absolute atomic E-state index is 12.1. The van der Waals surface area contributed by atoms with Crippen molar-refractivity contribution in [2.45, 2.75) is 26.2 Å². The first-order chi connectivity index (χ1) is 8.56. The van der Waals surface area contributed by atoms with E-state index in [2.05, 4.69) is 0 Å². The van der Waals surface area contributed by atoms with Crippen molar-refractivity contribution < 1.29 is 9.90 Å². The van der Waals surface area contributed by atoms with E-state index < -0.39 is 0 Å². The Balaban J connectivity index is 2.60. The predicted molar refractivity (Wildman–Crippen MR) is 74.4 cm³/mol. The lowest BCUT2D eigenvalue weighted by molar-refractivity contribution is 0.0789. The summed E-state index contributed by atoms with van der Waals surface area (Å²) in [4.78, 5) is 13.8. The molecule has 1 aromatic carbocycles. The molecule has 0 aliphatic carbocycles. The molecular weight excluding hydrogens is 250 g/mol. The number of carbonyl (C=O) groups is 1. The predicted octanol–water partition coefficient (Wildman–Crippen LogP) is 3.18. The van der Waals surface area contributed by atoms with Crippen molar-refractivity contribution in [2.24, 2.45) is 0 Å². The Hall–Kier alpha value is -1.22. The molecule has 0 spiro atoms. The Labute approximate surface area is 113 Å². The molecule has 0 unspecified atom stereocenters. The molecule has 1 rings (SSSR count). The largest absolute Gasteiger partial charge is 0.507 e. The van der Waals surface area contributed by atoms with Crippen LogP contribution >= 0.6 is 11.6 Å². The minimum atomic E-state index is -0.137. The molecule has 0 bridgehead atoms. The summed E-state index contributed by atoms with van der Waals surface area (Å²) < 4.78 is 0. The minimum absolute atomic E-state index is 0.0400. The van der Waals surface area contributed by atoms with Crippen LogP contribution in [0.25, 0.3) is 0 Å². The number of benzene rings is 1. The van der Waals surface area contributed by atoms with E-state index in [1.54, 1.807) is 30.1 Å². The van der Waals surface area contributed by atoms with Crippen molar-refractivity contribution in [3.05, 3.63) is 29.3 Å². The van der Waals surface area contributed by atoms with Gasteiger partial charge in [-0.15, -0.1) is 11.6 Å². The van der Waals surface area contributed by atoms with Crippen LogP contribution in [0.5, 0.6) is 5.75 Å². The van der Waals surface area contributed by atoms with Gasteiger partial charge in [0.2, 0.25) is 0 Å². The quantitative estimate of drug-likeness (QED) is 0.636. The molecule has 0 aliphatic heterocycles. The molecule has 18 heavy (non-hydrogen) atoms. The van der Waals surface area contributed by atoms with Gasteiger partial charge in [-0.3, -0.25) is 4.79 Å². The van der Waals surface area contributed by atoms with Gasteiger partial charge in [-0.25, -0.2) is 0 Å². The normalized spacial score (nSPS) is 10.4. The number of aromatic hydroxyl groups is 1. The first-order valence-electron chi connectivity index (χ1n) is 6.17. The van der Waals surface area contributed by atoms with Gasteiger partial charge in [0, 0.05) is 19.5 Å². The molecule has 3 nitrogen and oxygen atoms in total. The monoisotopic (exact) mass is 269 g/mol. The molecule has 0 radical (unpaired) electrons. The summed E-state index contributed by atoms with van der Waals surface area (Å²) in [6.07, 6.45) is 2.92. The molecule has 0 saturated carbocycles. The zero-order valence-corrected chi connectivity index (χ0v) is 11.7. The Morgan fingerprint density at radius 3 is 2.72 bits per heavy atom. The highest BCUT2D eigenvalue weighted by atomic mass is 35.5. The van der Waals surface area contributed by atoms with E-state index in [4.69, 9.17) is 11.6 Å². The average molecular weight is 270 g/mol. The fourth-order valence-corrected chi connectivity index (χ4v) is 1.94. The number of amides is 1. The minimum Gasteiger partial charge on any atom is -0.507 e. The maximum Gasteiger partial charge on any atom is 0.257 e. The van der Waals surface area contributed by atoms with Crippen LogP contribution in [0.1, 0.15) is 35.2 Å². The van der Waals surface area contributed by atoms with Crippen LogP contribution < -0.4 is 0 Å². The third-order valence-corrected chi connectivity index (χ3v) is 3.12. The third-order valence-electron chi connectivity index (χ3n) is 2.86. The Morgan fingerprint density at radius 1 is 1.33 bits per heavy atom. The molecule has 0 aromatic heterocycles. The second-order valence-corrected chi connectivity index (χ2v) is 4.87. The average Bonchev–Trinajstić information content (AvgIpc) is 2.36. The fourth-order valence-electron chi connectivity index (χ4n) is 1.75. The summed E-state index contributed by atoms with van der Waals surface area (Å²) in [5.41, 5.74) is 1.33. The van der Waals surface area contributed by atoms with Crippen LogP contribution in [0.3, 0.4) is 0 Å².